The van der Waals surface area contributed by atoms with Crippen molar-refractivity contribution in [3.63, 3.8) is 0 Å². The van der Waals surface area contributed by atoms with Crippen molar-refractivity contribution in [3.8, 4) is 0 Å². The molecule has 0 saturated carbocycles. The lowest BCUT2D eigenvalue weighted by atomic mass is 9.71. The molecule has 1 aliphatic carbocycles. The van der Waals surface area contributed by atoms with Gasteiger partial charge in [0.25, 0.3) is 0 Å². The van der Waals surface area contributed by atoms with Gasteiger partial charge in [-0.3, -0.25) is 4.79 Å². The van der Waals surface area contributed by atoms with E-state index in [-0.39, 0.29) is 0 Å². The highest BCUT2D eigenvalue weighted by atomic mass is 16.2. The van der Waals surface area contributed by atoms with Crippen LogP contribution in [-0.4, -0.2) is 28.5 Å². The van der Waals surface area contributed by atoms with Gasteiger partial charge in [-0.2, -0.15) is 0 Å². The summed E-state index contributed by atoms with van der Waals surface area (Å²) in [5.41, 5.74) is 2.70. The summed E-state index contributed by atoms with van der Waals surface area (Å²) in [4.78, 5) is 15.1. The SMILES string of the molecule is Cn1cc(CC(=O)N2CCCC3(CC=CCC3)C2)c2ccccc21. The third-order valence-corrected chi connectivity index (χ3v) is 5.89. The molecule has 1 amide bonds. The molecule has 1 spiro atoms. The first-order chi connectivity index (χ1) is 11.7. The second kappa shape index (κ2) is 6.12. The highest BCUT2D eigenvalue weighted by Gasteiger charge is 2.36. The normalized spacial score (nSPS) is 24.0. The van der Waals surface area contributed by atoms with E-state index >= 15 is 0 Å². The quantitative estimate of drug-likeness (QED) is 0.765. The zero-order valence-electron chi connectivity index (χ0n) is 14.5. The summed E-state index contributed by atoms with van der Waals surface area (Å²) < 4.78 is 2.13. The molecule has 2 aliphatic rings. The van der Waals surface area contributed by atoms with Crippen LogP contribution in [0.1, 0.15) is 37.7 Å². The molecule has 1 aliphatic heterocycles. The summed E-state index contributed by atoms with van der Waals surface area (Å²) >= 11 is 0. The Hall–Kier alpha value is -2.03. The van der Waals surface area contributed by atoms with E-state index in [9.17, 15) is 4.79 Å². The van der Waals surface area contributed by atoms with Crippen LogP contribution in [0, 0.1) is 5.41 Å². The Morgan fingerprint density at radius 3 is 2.92 bits per heavy atom. The minimum Gasteiger partial charge on any atom is -0.350 e. The lowest BCUT2D eigenvalue weighted by Gasteiger charge is -2.44. The maximum atomic E-state index is 12.9. The Kier molecular flexibility index (Phi) is 3.95. The number of aromatic nitrogens is 1. The van der Waals surface area contributed by atoms with Crippen molar-refractivity contribution in [2.24, 2.45) is 12.5 Å². The first-order valence-electron chi connectivity index (χ1n) is 9.13. The van der Waals surface area contributed by atoms with Gasteiger partial charge in [-0.25, -0.2) is 0 Å². The summed E-state index contributed by atoms with van der Waals surface area (Å²) in [6.45, 7) is 1.87. The number of likely N-dealkylation sites (tertiary alicyclic amines) is 1. The molecule has 1 aromatic carbocycles. The number of carbonyl (C=O) groups is 1. The molecule has 0 bridgehead atoms. The van der Waals surface area contributed by atoms with Crippen LogP contribution in [0.25, 0.3) is 10.9 Å². The van der Waals surface area contributed by atoms with Crippen LogP contribution in [-0.2, 0) is 18.3 Å². The van der Waals surface area contributed by atoms with Crippen LogP contribution in [0.5, 0.6) is 0 Å². The predicted molar refractivity (Wildman–Crippen MR) is 97.9 cm³/mol. The standard InChI is InChI=1S/C21H26N2O/c1-22-15-17(18-8-3-4-9-19(18)22)14-20(24)23-13-7-12-21(16-23)10-5-2-6-11-21/h2-5,8-9,15H,6-7,10-14,16H2,1H3. The summed E-state index contributed by atoms with van der Waals surface area (Å²) in [7, 11) is 2.06. The van der Waals surface area contributed by atoms with E-state index in [1.807, 2.05) is 0 Å². The number of piperidine rings is 1. The van der Waals surface area contributed by atoms with Crippen LogP contribution in [0.4, 0.5) is 0 Å². The lowest BCUT2D eigenvalue weighted by molar-refractivity contribution is -0.134. The van der Waals surface area contributed by atoms with Gasteiger partial charge in [-0.15, -0.1) is 0 Å². The van der Waals surface area contributed by atoms with Gasteiger partial charge in [0, 0.05) is 37.2 Å². The van der Waals surface area contributed by atoms with Crippen molar-refractivity contribution in [2.45, 2.75) is 38.5 Å². The zero-order chi connectivity index (χ0) is 16.6. The molecule has 1 unspecified atom stereocenters. The molecule has 126 valence electrons. The Morgan fingerprint density at radius 2 is 2.08 bits per heavy atom. The summed E-state index contributed by atoms with van der Waals surface area (Å²) in [6.07, 6.45) is 13.2. The van der Waals surface area contributed by atoms with Gasteiger partial charge in [-0.1, -0.05) is 30.4 Å². The lowest BCUT2D eigenvalue weighted by Crippen LogP contribution is -2.47. The Labute approximate surface area is 143 Å². The van der Waals surface area contributed by atoms with Crippen LogP contribution < -0.4 is 0 Å². The fraction of sp³-hybridized carbons (Fsp3) is 0.476. The molecule has 3 nitrogen and oxygen atoms in total. The monoisotopic (exact) mass is 322 g/mol. The van der Waals surface area contributed by atoms with Crippen LogP contribution in [0.2, 0.25) is 0 Å². The van der Waals surface area contributed by atoms with Gasteiger partial charge < -0.3 is 9.47 Å². The van der Waals surface area contributed by atoms with E-state index in [0.717, 1.165) is 31.5 Å². The number of aryl methyl sites for hydroxylation is 1. The van der Waals surface area contributed by atoms with Crippen LogP contribution >= 0.6 is 0 Å². The van der Waals surface area contributed by atoms with Gasteiger partial charge in [0.15, 0.2) is 0 Å². The van der Waals surface area contributed by atoms with Crippen LogP contribution in [0.3, 0.4) is 0 Å². The second-order valence-corrected chi connectivity index (χ2v) is 7.59. The molecule has 1 aromatic heterocycles. The number of para-hydroxylation sites is 1. The van der Waals surface area contributed by atoms with E-state index in [1.165, 1.54) is 30.2 Å². The fourth-order valence-corrected chi connectivity index (χ4v) is 4.58. The second-order valence-electron chi connectivity index (χ2n) is 7.59. The molecular weight excluding hydrogens is 296 g/mol. The number of allylic oxidation sites excluding steroid dienone is 2. The summed E-state index contributed by atoms with van der Waals surface area (Å²) in [6, 6.07) is 8.36. The average molecular weight is 322 g/mol. The number of fused-ring (bicyclic) bond motifs is 1. The van der Waals surface area contributed by atoms with Crippen molar-refractivity contribution < 1.29 is 4.79 Å². The van der Waals surface area contributed by atoms with Crippen molar-refractivity contribution in [1.82, 2.24) is 9.47 Å². The van der Waals surface area contributed by atoms with E-state index < -0.39 is 0 Å². The van der Waals surface area contributed by atoms with E-state index in [4.69, 9.17) is 0 Å². The highest BCUT2D eigenvalue weighted by molar-refractivity contribution is 5.89. The van der Waals surface area contributed by atoms with Gasteiger partial charge in [0.1, 0.15) is 0 Å². The van der Waals surface area contributed by atoms with Gasteiger partial charge >= 0.3 is 0 Å². The highest BCUT2D eigenvalue weighted by Crippen LogP contribution is 2.40. The number of rotatable bonds is 2. The van der Waals surface area contributed by atoms with Crippen molar-refractivity contribution in [2.75, 3.05) is 13.1 Å². The molecule has 1 saturated heterocycles. The third kappa shape index (κ3) is 2.77. The minimum atomic E-state index is 0.292. The molecule has 0 N–H and O–H groups in total. The molecule has 24 heavy (non-hydrogen) atoms. The molecule has 2 heterocycles. The molecular formula is C21H26N2O. The number of hydrogen-bond donors (Lipinski definition) is 0. The largest absolute Gasteiger partial charge is 0.350 e. The molecule has 0 radical (unpaired) electrons. The molecule has 1 fully saturated rings. The Balaban J connectivity index is 1.52. The first kappa shape index (κ1) is 15.5. The number of nitrogens with zero attached hydrogens (tertiary/aromatic N) is 2. The third-order valence-electron chi connectivity index (χ3n) is 5.89. The molecule has 4 rings (SSSR count). The Bertz CT molecular complexity index is 788. The van der Waals surface area contributed by atoms with E-state index in [1.54, 1.807) is 0 Å². The maximum absolute atomic E-state index is 12.9. The average Bonchev–Trinajstić information content (AvgIpc) is 2.92. The van der Waals surface area contributed by atoms with Crippen LogP contribution in [0.15, 0.2) is 42.6 Å². The number of hydrogen-bond acceptors (Lipinski definition) is 1. The maximum Gasteiger partial charge on any atom is 0.227 e. The van der Waals surface area contributed by atoms with Crippen molar-refractivity contribution in [3.05, 3.63) is 48.2 Å². The number of benzene rings is 1. The minimum absolute atomic E-state index is 0.292. The van der Waals surface area contributed by atoms with Crippen molar-refractivity contribution in [1.29, 1.82) is 0 Å². The molecule has 1 atom stereocenters. The van der Waals surface area contributed by atoms with Gasteiger partial charge in [0.2, 0.25) is 5.91 Å². The smallest absolute Gasteiger partial charge is 0.227 e. The zero-order valence-corrected chi connectivity index (χ0v) is 14.5. The Morgan fingerprint density at radius 1 is 1.21 bits per heavy atom. The number of amides is 1. The summed E-state index contributed by atoms with van der Waals surface area (Å²) in [5, 5.41) is 1.21. The van der Waals surface area contributed by atoms with Gasteiger partial charge in [0.05, 0.1) is 6.42 Å². The number of carbonyl (C=O) groups excluding carboxylic acids is 1. The summed E-state index contributed by atoms with van der Waals surface area (Å²) in [5.74, 6) is 0.292. The van der Waals surface area contributed by atoms with E-state index in [2.05, 4.69) is 59.1 Å². The predicted octanol–water partition coefficient (Wildman–Crippen LogP) is 4.07. The van der Waals surface area contributed by atoms with E-state index in [0.29, 0.717) is 17.7 Å². The molecule has 2 aromatic rings. The van der Waals surface area contributed by atoms with Gasteiger partial charge in [-0.05, 0) is 49.1 Å². The topological polar surface area (TPSA) is 25.2 Å². The fourth-order valence-electron chi connectivity index (χ4n) is 4.58. The first-order valence-corrected chi connectivity index (χ1v) is 9.13. The molecule has 3 heteroatoms. The van der Waals surface area contributed by atoms with Crippen molar-refractivity contribution >= 4 is 16.8 Å².